The van der Waals surface area contributed by atoms with Gasteiger partial charge in [0.05, 0.1) is 12.9 Å². The number of carbonyl (C=O) groups excluding carboxylic acids is 1. The first-order valence-electron chi connectivity index (χ1n) is 6.70. The van der Waals surface area contributed by atoms with Gasteiger partial charge in [-0.3, -0.25) is 9.36 Å². The smallest absolute Gasteiger partial charge is 0.252 e. The molecule has 0 aromatic carbocycles. The van der Waals surface area contributed by atoms with Gasteiger partial charge in [-0.1, -0.05) is 5.92 Å². The first-order valence-corrected chi connectivity index (χ1v) is 6.70. The quantitative estimate of drug-likeness (QED) is 0.465. The minimum atomic E-state index is -1.42. The predicted molar refractivity (Wildman–Crippen MR) is 77.5 cm³/mol. The van der Waals surface area contributed by atoms with Gasteiger partial charge in [0, 0.05) is 0 Å². The lowest BCUT2D eigenvalue weighted by atomic mass is 10.1. The molecule has 1 fully saturated rings. The minimum Gasteiger partial charge on any atom is -0.387 e. The number of hydrogen-bond donors (Lipinski definition) is 4. The van der Waals surface area contributed by atoms with E-state index in [1.54, 1.807) is 0 Å². The number of nitrogens with one attached hydrogen (secondary N) is 1. The second-order valence-corrected chi connectivity index (χ2v) is 4.93. The summed E-state index contributed by atoms with van der Waals surface area (Å²) in [5.41, 5.74) is 6.35. The second-order valence-electron chi connectivity index (χ2n) is 4.93. The van der Waals surface area contributed by atoms with E-state index < -0.39 is 30.4 Å². The van der Waals surface area contributed by atoms with Crippen LogP contribution in [0.15, 0.2) is 12.7 Å². The molecule has 1 saturated heterocycles. The molecule has 10 heteroatoms. The van der Waals surface area contributed by atoms with Gasteiger partial charge >= 0.3 is 0 Å². The van der Waals surface area contributed by atoms with E-state index in [4.69, 9.17) is 16.9 Å². The number of nitrogens with zero attached hydrogens (tertiary/aromatic N) is 4. The monoisotopic (exact) mass is 318 g/mol. The van der Waals surface area contributed by atoms with Crippen molar-refractivity contribution in [2.75, 3.05) is 12.3 Å². The molecule has 0 bridgehead atoms. The summed E-state index contributed by atoms with van der Waals surface area (Å²) in [5.74, 6) is 1.80. The number of imidazole rings is 1. The fourth-order valence-corrected chi connectivity index (χ4v) is 2.40. The van der Waals surface area contributed by atoms with Crippen molar-refractivity contribution in [1.29, 1.82) is 0 Å². The third-order valence-corrected chi connectivity index (χ3v) is 3.52. The molecule has 1 aliphatic heterocycles. The average molecular weight is 318 g/mol. The topological polar surface area (TPSA) is 148 Å². The zero-order chi connectivity index (χ0) is 16.6. The van der Waals surface area contributed by atoms with Crippen molar-refractivity contribution in [3.05, 3.63) is 12.7 Å². The van der Waals surface area contributed by atoms with Gasteiger partial charge in [-0.2, -0.15) is 0 Å². The van der Waals surface area contributed by atoms with E-state index in [2.05, 4.69) is 26.2 Å². The number of nitrogens with two attached hydrogens (primary N) is 1. The van der Waals surface area contributed by atoms with Crippen molar-refractivity contribution in [2.24, 2.45) is 0 Å². The molecule has 120 valence electrons. The number of fused-ring (bicyclic) bond motifs is 1. The number of aromatic nitrogens is 4. The lowest BCUT2D eigenvalue weighted by molar-refractivity contribution is -0.137. The van der Waals surface area contributed by atoms with Gasteiger partial charge in [0.2, 0.25) is 0 Å². The molecule has 1 amide bonds. The van der Waals surface area contributed by atoms with Crippen LogP contribution in [0.4, 0.5) is 5.82 Å². The predicted octanol–water partition coefficient (Wildman–Crippen LogP) is -2.22. The van der Waals surface area contributed by atoms with Crippen LogP contribution in [0.3, 0.4) is 0 Å². The Bertz CT molecular complexity index is 784. The molecule has 23 heavy (non-hydrogen) atoms. The number of amides is 1. The van der Waals surface area contributed by atoms with E-state index in [0.717, 1.165) is 0 Å². The van der Waals surface area contributed by atoms with Crippen LogP contribution in [-0.2, 0) is 9.53 Å². The van der Waals surface area contributed by atoms with Crippen molar-refractivity contribution >= 4 is 22.9 Å². The number of aliphatic hydroxyl groups excluding tert-OH is 2. The van der Waals surface area contributed by atoms with Crippen LogP contribution in [0.25, 0.3) is 11.2 Å². The van der Waals surface area contributed by atoms with Gasteiger partial charge in [-0.15, -0.1) is 6.42 Å². The standard InChI is InChI=1S/C13H14N6O4/c1-2-3-15-12(22)9-7(20)8(21)13(23-9)19-5-18-6-10(14)16-4-17-11(6)19/h1,4-5,7-9,13,20-21H,3H2,(H,15,22)(H2,14,16,17)/t7?,8-,9-,13+/m0/s1. The zero-order valence-corrected chi connectivity index (χ0v) is 11.8. The van der Waals surface area contributed by atoms with Crippen molar-refractivity contribution in [3.8, 4) is 12.3 Å². The summed E-state index contributed by atoms with van der Waals surface area (Å²) in [7, 11) is 0. The first-order chi connectivity index (χ1) is 11.0. The molecular formula is C13H14N6O4. The largest absolute Gasteiger partial charge is 0.387 e. The van der Waals surface area contributed by atoms with Crippen LogP contribution in [0.5, 0.6) is 0 Å². The van der Waals surface area contributed by atoms with E-state index in [1.165, 1.54) is 17.2 Å². The molecule has 1 unspecified atom stereocenters. The summed E-state index contributed by atoms with van der Waals surface area (Å²) in [6.07, 6.45) is 2.56. The summed E-state index contributed by atoms with van der Waals surface area (Å²) >= 11 is 0. The Labute approximate surface area is 130 Å². The molecule has 0 aliphatic carbocycles. The third-order valence-electron chi connectivity index (χ3n) is 3.52. The Morgan fingerprint density at radius 1 is 1.43 bits per heavy atom. The van der Waals surface area contributed by atoms with Crippen molar-refractivity contribution in [2.45, 2.75) is 24.5 Å². The number of aliphatic hydroxyl groups is 2. The first kappa shape index (κ1) is 15.2. The van der Waals surface area contributed by atoms with Crippen LogP contribution in [0.1, 0.15) is 6.23 Å². The number of nitrogen functional groups attached to an aromatic ring is 1. The third kappa shape index (κ3) is 2.46. The zero-order valence-electron chi connectivity index (χ0n) is 11.8. The van der Waals surface area contributed by atoms with Crippen molar-refractivity contribution in [3.63, 3.8) is 0 Å². The van der Waals surface area contributed by atoms with Crippen LogP contribution in [0, 0.1) is 12.3 Å². The lowest BCUT2D eigenvalue weighted by Crippen LogP contribution is -2.42. The molecule has 5 N–H and O–H groups in total. The fourth-order valence-electron chi connectivity index (χ4n) is 2.40. The lowest BCUT2D eigenvalue weighted by Gasteiger charge is -2.16. The fraction of sp³-hybridized carbons (Fsp3) is 0.385. The number of ether oxygens (including phenoxy) is 1. The maximum atomic E-state index is 11.9. The highest BCUT2D eigenvalue weighted by Gasteiger charge is 2.47. The normalized spacial score (nSPS) is 27.0. The Morgan fingerprint density at radius 3 is 2.96 bits per heavy atom. The number of terminal acetylenes is 1. The molecule has 0 radical (unpaired) electrons. The maximum Gasteiger partial charge on any atom is 0.252 e. The maximum absolute atomic E-state index is 11.9. The number of carbonyl (C=O) groups is 1. The highest BCUT2D eigenvalue weighted by Crippen LogP contribution is 2.31. The highest BCUT2D eigenvalue weighted by molar-refractivity contribution is 5.83. The van der Waals surface area contributed by atoms with Crippen molar-refractivity contribution in [1.82, 2.24) is 24.8 Å². The number of anilines is 1. The molecule has 0 spiro atoms. The SMILES string of the molecule is C#CCNC(=O)[C@H]1O[C@@H](n2cnc3c(N)ncnc32)[C@@H](O)C1O. The van der Waals surface area contributed by atoms with Gasteiger partial charge in [-0.25, -0.2) is 15.0 Å². The van der Waals surface area contributed by atoms with E-state index in [1.807, 2.05) is 0 Å². The Kier molecular flexibility index (Phi) is 3.83. The molecule has 3 rings (SSSR count). The number of rotatable bonds is 3. The Balaban J connectivity index is 1.90. The van der Waals surface area contributed by atoms with E-state index in [0.29, 0.717) is 11.2 Å². The van der Waals surface area contributed by atoms with Gasteiger partial charge in [0.25, 0.3) is 5.91 Å². The molecule has 2 aromatic rings. The highest BCUT2D eigenvalue weighted by atomic mass is 16.6. The van der Waals surface area contributed by atoms with Gasteiger partial charge in [0.1, 0.15) is 24.1 Å². The summed E-state index contributed by atoms with van der Waals surface area (Å²) in [6, 6.07) is 0. The molecule has 4 atom stereocenters. The van der Waals surface area contributed by atoms with Gasteiger partial charge in [-0.05, 0) is 0 Å². The van der Waals surface area contributed by atoms with Gasteiger partial charge < -0.3 is 26.0 Å². The summed E-state index contributed by atoms with van der Waals surface area (Å²) in [4.78, 5) is 23.8. The summed E-state index contributed by atoms with van der Waals surface area (Å²) in [6.45, 7) is -0.00998. The van der Waals surface area contributed by atoms with E-state index >= 15 is 0 Å². The average Bonchev–Trinajstić information content (AvgIpc) is 3.09. The van der Waals surface area contributed by atoms with Crippen LogP contribution >= 0.6 is 0 Å². The minimum absolute atomic E-state index is 0.00998. The van der Waals surface area contributed by atoms with Crippen LogP contribution < -0.4 is 11.1 Å². The summed E-state index contributed by atoms with van der Waals surface area (Å²) in [5, 5.41) is 22.6. The van der Waals surface area contributed by atoms with Gasteiger partial charge in [0.15, 0.2) is 23.8 Å². The Hall–Kier alpha value is -2.74. The summed E-state index contributed by atoms with van der Waals surface area (Å²) < 4.78 is 6.86. The molecule has 3 heterocycles. The molecule has 0 saturated carbocycles. The van der Waals surface area contributed by atoms with E-state index in [9.17, 15) is 15.0 Å². The van der Waals surface area contributed by atoms with Crippen molar-refractivity contribution < 1.29 is 19.7 Å². The Morgan fingerprint density at radius 2 is 2.22 bits per heavy atom. The number of hydrogen-bond acceptors (Lipinski definition) is 8. The molecule has 1 aliphatic rings. The second kappa shape index (κ2) is 5.81. The molecule has 10 nitrogen and oxygen atoms in total. The molecule has 2 aromatic heterocycles. The molecular weight excluding hydrogens is 304 g/mol. The van der Waals surface area contributed by atoms with Crippen LogP contribution in [0.2, 0.25) is 0 Å². The van der Waals surface area contributed by atoms with E-state index in [-0.39, 0.29) is 12.4 Å². The van der Waals surface area contributed by atoms with Crippen LogP contribution in [-0.4, -0.2) is 60.5 Å².